The smallest absolute Gasteiger partial charge is 0.331 e. The van der Waals surface area contributed by atoms with Gasteiger partial charge in [-0.05, 0) is 73.9 Å². The molecule has 0 radical (unpaired) electrons. The van der Waals surface area contributed by atoms with Crippen LogP contribution >= 0.6 is 0 Å². The highest BCUT2D eigenvalue weighted by atomic mass is 16.7. The van der Waals surface area contributed by atoms with Crippen molar-refractivity contribution in [1.29, 1.82) is 0 Å². The molecule has 7 heteroatoms. The van der Waals surface area contributed by atoms with Crippen molar-refractivity contribution in [2.45, 2.75) is 97.4 Å². The van der Waals surface area contributed by atoms with Crippen LogP contribution in [-0.4, -0.2) is 60.0 Å². The highest BCUT2D eigenvalue weighted by Gasteiger charge is 2.42. The van der Waals surface area contributed by atoms with Crippen molar-refractivity contribution in [2.24, 2.45) is 5.16 Å². The summed E-state index contributed by atoms with van der Waals surface area (Å²) in [4.78, 5) is 46.3. The third-order valence-corrected chi connectivity index (χ3v) is 9.26. The predicted molar refractivity (Wildman–Crippen MR) is 166 cm³/mol. The number of morpholine rings is 1. The van der Waals surface area contributed by atoms with Crippen molar-refractivity contribution >= 4 is 23.2 Å². The van der Waals surface area contributed by atoms with Crippen molar-refractivity contribution in [3.63, 3.8) is 0 Å². The molecule has 1 aliphatic carbocycles. The molecule has 1 saturated heterocycles. The van der Waals surface area contributed by atoms with Gasteiger partial charge in [-0.25, -0.2) is 4.79 Å². The maximum Gasteiger partial charge on any atom is 0.331 e. The van der Waals surface area contributed by atoms with Crippen LogP contribution in [0.5, 0.6) is 0 Å². The Balaban J connectivity index is 1.74. The fourth-order valence-electron chi connectivity index (χ4n) is 6.63. The van der Waals surface area contributed by atoms with Crippen LogP contribution in [0.15, 0.2) is 41.6 Å². The normalized spacial score (nSPS) is 16.6. The molecule has 4 rings (SSSR count). The van der Waals surface area contributed by atoms with Crippen molar-refractivity contribution in [1.82, 2.24) is 4.90 Å². The highest BCUT2D eigenvalue weighted by Crippen LogP contribution is 2.53. The average molecular weight is 575 g/mol. The minimum atomic E-state index is -0.663. The topological polar surface area (TPSA) is 85.3 Å². The first kappa shape index (κ1) is 31.8. The van der Waals surface area contributed by atoms with E-state index in [-0.39, 0.29) is 22.7 Å². The molecule has 0 aromatic heterocycles. The van der Waals surface area contributed by atoms with Crippen LogP contribution in [0.1, 0.15) is 118 Å². The van der Waals surface area contributed by atoms with Gasteiger partial charge < -0.3 is 9.57 Å². The maximum absolute atomic E-state index is 13.9. The first-order chi connectivity index (χ1) is 20.1. The van der Waals surface area contributed by atoms with Crippen molar-refractivity contribution in [3.8, 4) is 11.1 Å². The molecule has 1 fully saturated rings. The molecular formula is C35H46N2O5. The summed E-state index contributed by atoms with van der Waals surface area (Å²) in [7, 11) is 0. The molecule has 1 aliphatic heterocycles. The number of Topliss-reactive ketones (excluding diaryl/α,β-unsaturated/α-hetero) is 2. The van der Waals surface area contributed by atoms with E-state index < -0.39 is 11.5 Å². The number of carbonyl (C=O) groups is 3. The van der Waals surface area contributed by atoms with E-state index in [1.807, 2.05) is 38.1 Å². The number of nitrogens with zero attached hydrogens (tertiary/aromatic N) is 2. The third-order valence-electron chi connectivity index (χ3n) is 9.26. The van der Waals surface area contributed by atoms with Crippen LogP contribution in [0.25, 0.3) is 11.1 Å². The van der Waals surface area contributed by atoms with Gasteiger partial charge in [0.15, 0.2) is 5.78 Å². The molecule has 7 nitrogen and oxygen atoms in total. The monoisotopic (exact) mass is 574 g/mol. The largest absolute Gasteiger partial charge is 0.379 e. The van der Waals surface area contributed by atoms with Gasteiger partial charge in [0.1, 0.15) is 5.71 Å². The van der Waals surface area contributed by atoms with E-state index in [1.165, 1.54) is 18.1 Å². The summed E-state index contributed by atoms with van der Waals surface area (Å²) < 4.78 is 5.52. The number of rotatable bonds is 13. The zero-order valence-electron chi connectivity index (χ0n) is 26.2. The van der Waals surface area contributed by atoms with Crippen molar-refractivity contribution in [2.75, 3.05) is 26.3 Å². The van der Waals surface area contributed by atoms with Crippen LogP contribution in [-0.2, 0) is 19.8 Å². The number of fused-ring (bicyclic) bond motifs is 3. The summed E-state index contributed by atoms with van der Waals surface area (Å²) in [6.45, 7) is 14.5. The number of hydrogen-bond acceptors (Lipinski definition) is 7. The van der Waals surface area contributed by atoms with Crippen molar-refractivity contribution in [3.05, 3.63) is 58.7 Å². The lowest BCUT2D eigenvalue weighted by Gasteiger charge is -2.39. The number of hydrogen-bond donors (Lipinski definition) is 0. The third kappa shape index (κ3) is 6.13. The minimum absolute atomic E-state index is 0.0781. The predicted octanol–water partition coefficient (Wildman–Crippen LogP) is 7.14. The van der Waals surface area contributed by atoms with Crippen LogP contribution in [0.2, 0.25) is 0 Å². The van der Waals surface area contributed by atoms with Crippen LogP contribution in [0.4, 0.5) is 0 Å². The Labute approximate surface area is 250 Å². The Kier molecular flexibility index (Phi) is 10.2. The molecule has 0 atom stereocenters. The Morgan fingerprint density at radius 1 is 0.905 bits per heavy atom. The van der Waals surface area contributed by atoms with Crippen LogP contribution in [0.3, 0.4) is 0 Å². The maximum atomic E-state index is 13.9. The second-order valence-corrected chi connectivity index (χ2v) is 12.1. The molecule has 2 aromatic rings. The van der Waals surface area contributed by atoms with Gasteiger partial charge in [0.2, 0.25) is 5.78 Å². The van der Waals surface area contributed by atoms with Crippen LogP contribution in [0, 0.1) is 0 Å². The van der Waals surface area contributed by atoms with E-state index in [9.17, 15) is 14.4 Å². The summed E-state index contributed by atoms with van der Waals surface area (Å²) in [5, 5.41) is 3.96. The molecule has 0 unspecified atom stereocenters. The highest BCUT2D eigenvalue weighted by molar-refractivity contribution is 6.46. The van der Waals surface area contributed by atoms with E-state index >= 15 is 0 Å². The average Bonchev–Trinajstić information content (AvgIpc) is 3.29. The number of carbonyl (C=O) groups excluding carboxylic acids is 3. The zero-order chi connectivity index (χ0) is 30.5. The molecule has 2 aromatic carbocycles. The van der Waals surface area contributed by atoms with Gasteiger partial charge in [0, 0.05) is 36.6 Å². The van der Waals surface area contributed by atoms with Gasteiger partial charge in [0.05, 0.1) is 18.8 Å². The number of ketones is 2. The van der Waals surface area contributed by atoms with Gasteiger partial charge in [-0.1, -0.05) is 69.5 Å². The number of ether oxygens (including phenoxy) is 1. The molecular weight excluding hydrogens is 528 g/mol. The summed E-state index contributed by atoms with van der Waals surface area (Å²) in [6, 6.07) is 12.0. The van der Waals surface area contributed by atoms with E-state index in [0.717, 1.165) is 62.7 Å². The van der Waals surface area contributed by atoms with E-state index in [2.05, 4.69) is 43.0 Å². The SMILES string of the molecule is CCCCCC/C(=N\OC(C)=O)C(=O)c1ccc2c(c1)-c1cc(C(=O)C(C)(C)N3CCOCC3)ccc1C2(CC)CC. The molecule has 0 amide bonds. The molecule has 0 bridgehead atoms. The first-order valence-electron chi connectivity index (χ1n) is 15.6. The fraction of sp³-hybridized carbons (Fsp3) is 0.543. The van der Waals surface area contributed by atoms with Gasteiger partial charge >= 0.3 is 5.97 Å². The molecule has 0 saturated carbocycles. The standard InChI is InChI=1S/C35H46N2O5/c1-7-10-11-12-13-31(36-42-24(4)38)32(39)25-14-16-29-27(22-25)28-23-26(15-17-30(28)35(29,8-2)9-3)33(40)34(5,6)37-18-20-41-21-19-37/h14-17,22-23H,7-13,18-21H2,1-6H3/b36-31+. The van der Waals surface area contributed by atoms with Gasteiger partial charge in [-0.2, -0.15) is 0 Å². The quantitative estimate of drug-likeness (QED) is 0.0831. The van der Waals surface area contributed by atoms with E-state index in [0.29, 0.717) is 30.8 Å². The number of oxime groups is 1. The molecule has 1 heterocycles. The molecule has 0 spiro atoms. The summed E-state index contributed by atoms with van der Waals surface area (Å²) in [5.74, 6) is -0.706. The molecule has 226 valence electrons. The Bertz CT molecular complexity index is 1350. The molecule has 0 N–H and O–H groups in total. The summed E-state index contributed by atoms with van der Waals surface area (Å²) >= 11 is 0. The first-order valence-corrected chi connectivity index (χ1v) is 15.6. The summed E-state index contributed by atoms with van der Waals surface area (Å²) in [5.41, 5.74) is 4.95. The van der Waals surface area contributed by atoms with Gasteiger partial charge in [-0.15, -0.1) is 0 Å². The summed E-state index contributed by atoms with van der Waals surface area (Å²) in [6.07, 6.45) is 6.19. The Morgan fingerprint density at radius 3 is 2.07 bits per heavy atom. The lowest BCUT2D eigenvalue weighted by Crippen LogP contribution is -2.54. The lowest BCUT2D eigenvalue weighted by molar-refractivity contribution is -0.140. The van der Waals surface area contributed by atoms with Gasteiger partial charge in [-0.3, -0.25) is 14.5 Å². The lowest BCUT2D eigenvalue weighted by atomic mass is 9.73. The second kappa shape index (κ2) is 13.4. The van der Waals surface area contributed by atoms with E-state index in [1.54, 1.807) is 0 Å². The van der Waals surface area contributed by atoms with E-state index in [4.69, 9.17) is 9.57 Å². The Hall–Kier alpha value is -3.16. The molecule has 42 heavy (non-hydrogen) atoms. The fourth-order valence-corrected chi connectivity index (χ4v) is 6.63. The molecule has 2 aliphatic rings. The second-order valence-electron chi connectivity index (χ2n) is 12.1. The zero-order valence-corrected chi connectivity index (χ0v) is 26.2. The van der Waals surface area contributed by atoms with Crippen molar-refractivity contribution < 1.29 is 24.0 Å². The van der Waals surface area contributed by atoms with Crippen LogP contribution < -0.4 is 0 Å². The van der Waals surface area contributed by atoms with Gasteiger partial charge in [0.25, 0.3) is 0 Å². The Morgan fingerprint density at radius 2 is 1.50 bits per heavy atom. The number of benzene rings is 2. The minimum Gasteiger partial charge on any atom is -0.379 e. The number of unbranched alkanes of at least 4 members (excludes halogenated alkanes) is 3.